The van der Waals surface area contributed by atoms with Gasteiger partial charge in [0.1, 0.15) is 0 Å². The van der Waals surface area contributed by atoms with Crippen molar-refractivity contribution in [3.05, 3.63) is 0 Å². The van der Waals surface area contributed by atoms with Gasteiger partial charge >= 0.3 is 6.18 Å². The highest BCUT2D eigenvalue weighted by atomic mass is 19.4. The minimum absolute atomic E-state index is 0.0368. The van der Waals surface area contributed by atoms with Crippen LogP contribution < -0.4 is 5.32 Å². The summed E-state index contributed by atoms with van der Waals surface area (Å²) in [6.07, 6.45) is 4.14. The highest BCUT2D eigenvalue weighted by Gasteiger charge is 2.27. The van der Waals surface area contributed by atoms with Gasteiger partial charge in [-0.25, -0.2) is 0 Å². The third-order valence-electron chi connectivity index (χ3n) is 2.90. The van der Waals surface area contributed by atoms with E-state index in [1.54, 1.807) is 0 Å². The maximum Gasteiger partial charge on any atom is 0.401 e. The van der Waals surface area contributed by atoms with Crippen LogP contribution in [0.5, 0.6) is 0 Å². The second-order valence-electron chi connectivity index (χ2n) is 4.68. The minimum atomic E-state index is -4.09. The predicted octanol–water partition coefficient (Wildman–Crippen LogP) is 4.67. The monoisotopic (exact) mass is 253 g/mol. The number of rotatable bonds is 10. The molecule has 0 saturated heterocycles. The fourth-order valence-electron chi connectivity index (χ4n) is 1.89. The zero-order valence-electron chi connectivity index (χ0n) is 11.1. The smallest absolute Gasteiger partial charge is 0.306 e. The Bertz CT molecular complexity index is 159. The van der Waals surface area contributed by atoms with E-state index in [2.05, 4.69) is 19.2 Å². The third kappa shape index (κ3) is 12.0. The number of hydrogen-bond acceptors (Lipinski definition) is 1. The van der Waals surface area contributed by atoms with Gasteiger partial charge in [0, 0.05) is 6.04 Å². The predicted molar refractivity (Wildman–Crippen MR) is 66.1 cm³/mol. The van der Waals surface area contributed by atoms with Crippen molar-refractivity contribution >= 4 is 0 Å². The van der Waals surface area contributed by atoms with E-state index in [4.69, 9.17) is 0 Å². The molecular weight excluding hydrogens is 227 g/mol. The van der Waals surface area contributed by atoms with E-state index >= 15 is 0 Å². The van der Waals surface area contributed by atoms with Crippen molar-refractivity contribution in [3.63, 3.8) is 0 Å². The Balaban J connectivity index is 3.83. The topological polar surface area (TPSA) is 12.0 Å². The molecular formula is C13H26F3N. The fraction of sp³-hybridized carbons (Fsp3) is 1.00. The molecule has 0 spiro atoms. The largest absolute Gasteiger partial charge is 0.401 e. The number of hydrogen-bond donors (Lipinski definition) is 1. The molecule has 1 N–H and O–H groups in total. The number of nitrogens with one attached hydrogen (secondary N) is 1. The van der Waals surface area contributed by atoms with Gasteiger partial charge in [-0.1, -0.05) is 52.4 Å². The molecule has 17 heavy (non-hydrogen) atoms. The van der Waals surface area contributed by atoms with Crippen LogP contribution in [-0.2, 0) is 0 Å². The zero-order chi connectivity index (χ0) is 13.1. The second-order valence-corrected chi connectivity index (χ2v) is 4.68. The molecule has 0 heterocycles. The van der Waals surface area contributed by atoms with E-state index in [9.17, 15) is 13.2 Å². The maximum absolute atomic E-state index is 12.1. The highest BCUT2D eigenvalue weighted by Crippen LogP contribution is 2.16. The molecule has 0 aromatic carbocycles. The molecule has 0 saturated carbocycles. The second kappa shape index (κ2) is 9.75. The van der Waals surface area contributed by atoms with Crippen molar-refractivity contribution in [2.24, 2.45) is 0 Å². The third-order valence-corrected chi connectivity index (χ3v) is 2.90. The van der Waals surface area contributed by atoms with Crippen LogP contribution >= 0.6 is 0 Å². The first-order valence-corrected chi connectivity index (χ1v) is 6.79. The lowest BCUT2D eigenvalue weighted by Crippen LogP contribution is -2.37. The SMILES string of the molecule is CCCCCC(CCCCC)NCC(F)(F)F. The van der Waals surface area contributed by atoms with Gasteiger partial charge in [-0.05, 0) is 12.8 Å². The lowest BCUT2D eigenvalue weighted by molar-refractivity contribution is -0.126. The molecule has 4 heteroatoms. The van der Waals surface area contributed by atoms with Crippen LogP contribution in [0.1, 0.15) is 65.2 Å². The summed E-state index contributed by atoms with van der Waals surface area (Å²) in [6, 6.07) is 0.0368. The molecule has 0 aliphatic heterocycles. The Labute approximate surface area is 103 Å². The molecule has 0 amide bonds. The van der Waals surface area contributed by atoms with Crippen LogP contribution in [0.2, 0.25) is 0 Å². The van der Waals surface area contributed by atoms with Crippen molar-refractivity contribution < 1.29 is 13.2 Å². The molecule has 0 unspecified atom stereocenters. The lowest BCUT2D eigenvalue weighted by Gasteiger charge is -2.19. The van der Waals surface area contributed by atoms with Gasteiger partial charge in [0.05, 0.1) is 6.54 Å². The average Bonchev–Trinajstić information content (AvgIpc) is 2.24. The molecule has 0 aliphatic rings. The highest BCUT2D eigenvalue weighted by molar-refractivity contribution is 4.69. The number of halogens is 3. The van der Waals surface area contributed by atoms with Crippen LogP contribution in [0.3, 0.4) is 0 Å². The Kier molecular flexibility index (Phi) is 9.60. The summed E-state index contributed by atoms with van der Waals surface area (Å²) in [4.78, 5) is 0. The molecule has 0 fully saturated rings. The first-order chi connectivity index (χ1) is 7.99. The van der Waals surface area contributed by atoms with Crippen molar-refractivity contribution in [1.29, 1.82) is 0 Å². The van der Waals surface area contributed by atoms with Crippen molar-refractivity contribution in [2.75, 3.05) is 6.54 Å². The summed E-state index contributed by atoms with van der Waals surface area (Å²) in [7, 11) is 0. The van der Waals surface area contributed by atoms with Gasteiger partial charge in [-0.3, -0.25) is 0 Å². The Morgan fingerprint density at radius 2 is 1.35 bits per heavy atom. The van der Waals surface area contributed by atoms with Gasteiger partial charge in [-0.15, -0.1) is 0 Å². The standard InChI is InChI=1S/C13H26F3N/c1-3-5-7-9-12(10-8-6-4-2)17-11-13(14,15)16/h12,17H,3-11H2,1-2H3. The Morgan fingerprint density at radius 3 is 1.71 bits per heavy atom. The van der Waals surface area contributed by atoms with Crippen LogP contribution in [0.4, 0.5) is 13.2 Å². The average molecular weight is 253 g/mol. The molecule has 1 nitrogen and oxygen atoms in total. The summed E-state index contributed by atoms with van der Waals surface area (Å²) in [5.74, 6) is 0. The van der Waals surface area contributed by atoms with Gasteiger partial charge < -0.3 is 5.32 Å². The molecule has 0 aromatic heterocycles. The Hall–Kier alpha value is -0.250. The fourth-order valence-corrected chi connectivity index (χ4v) is 1.89. The van der Waals surface area contributed by atoms with Crippen molar-refractivity contribution in [3.8, 4) is 0 Å². The lowest BCUT2D eigenvalue weighted by atomic mass is 10.0. The van der Waals surface area contributed by atoms with Crippen LogP contribution in [0.15, 0.2) is 0 Å². The van der Waals surface area contributed by atoms with Crippen LogP contribution in [-0.4, -0.2) is 18.8 Å². The van der Waals surface area contributed by atoms with E-state index in [1.807, 2.05) is 0 Å². The molecule has 0 aliphatic carbocycles. The van der Waals surface area contributed by atoms with Gasteiger partial charge in [0.2, 0.25) is 0 Å². The molecule has 0 radical (unpaired) electrons. The zero-order valence-corrected chi connectivity index (χ0v) is 11.1. The molecule has 0 bridgehead atoms. The molecule has 0 aromatic rings. The van der Waals surface area contributed by atoms with Crippen molar-refractivity contribution in [2.45, 2.75) is 77.4 Å². The van der Waals surface area contributed by atoms with Gasteiger partial charge in [0.25, 0.3) is 0 Å². The van der Waals surface area contributed by atoms with E-state index in [0.717, 1.165) is 51.4 Å². The summed E-state index contributed by atoms with van der Waals surface area (Å²) >= 11 is 0. The molecule has 0 atom stereocenters. The quantitative estimate of drug-likeness (QED) is 0.558. The van der Waals surface area contributed by atoms with Crippen molar-refractivity contribution in [1.82, 2.24) is 5.32 Å². The maximum atomic E-state index is 12.1. The van der Waals surface area contributed by atoms with Crippen LogP contribution in [0, 0.1) is 0 Å². The van der Waals surface area contributed by atoms with E-state index < -0.39 is 12.7 Å². The number of alkyl halides is 3. The first-order valence-electron chi connectivity index (χ1n) is 6.79. The molecule has 0 rings (SSSR count). The van der Waals surface area contributed by atoms with E-state index in [0.29, 0.717) is 0 Å². The summed E-state index contributed by atoms with van der Waals surface area (Å²) in [6.45, 7) is 3.36. The molecule has 104 valence electrons. The Morgan fingerprint density at radius 1 is 0.882 bits per heavy atom. The van der Waals surface area contributed by atoms with E-state index in [1.165, 1.54) is 0 Å². The first kappa shape index (κ1) is 16.8. The summed E-state index contributed by atoms with van der Waals surface area (Å²) < 4.78 is 36.4. The minimum Gasteiger partial charge on any atom is -0.306 e. The number of unbranched alkanes of at least 4 members (excludes halogenated alkanes) is 4. The normalized spacial score (nSPS) is 12.4. The van der Waals surface area contributed by atoms with Crippen LogP contribution in [0.25, 0.3) is 0 Å². The summed E-state index contributed by atoms with van der Waals surface area (Å²) in [5, 5.41) is 2.65. The van der Waals surface area contributed by atoms with E-state index in [-0.39, 0.29) is 6.04 Å². The van der Waals surface area contributed by atoms with Gasteiger partial charge in [-0.2, -0.15) is 13.2 Å². The van der Waals surface area contributed by atoms with Gasteiger partial charge in [0.15, 0.2) is 0 Å². The summed E-state index contributed by atoms with van der Waals surface area (Å²) in [5.41, 5.74) is 0.